The molecule has 3 rings (SSSR count). The molecule has 0 atom stereocenters. The molecule has 2 aromatic carbocycles. The molecule has 1 saturated heterocycles. The van der Waals surface area contributed by atoms with E-state index in [1.807, 2.05) is 41.3 Å². The molecule has 1 heterocycles. The molecule has 1 amide bonds. The van der Waals surface area contributed by atoms with Crippen molar-refractivity contribution in [3.8, 4) is 6.07 Å². The number of benzene rings is 2. The van der Waals surface area contributed by atoms with Crippen LogP contribution in [-0.4, -0.2) is 53.5 Å². The molecule has 0 aliphatic carbocycles. The van der Waals surface area contributed by atoms with Crippen molar-refractivity contribution in [2.45, 2.75) is 6.42 Å². The number of rotatable bonds is 4. The Hall–Kier alpha value is -2.75. The molecule has 1 fully saturated rings. The molecule has 0 unspecified atom stereocenters. The first-order valence-corrected chi connectivity index (χ1v) is 9.43. The van der Waals surface area contributed by atoms with Gasteiger partial charge in [-0.15, -0.1) is 0 Å². The van der Waals surface area contributed by atoms with Gasteiger partial charge in [-0.2, -0.15) is 5.26 Å². The van der Waals surface area contributed by atoms with E-state index in [4.69, 9.17) is 17.5 Å². The quantitative estimate of drug-likeness (QED) is 0.655. The summed E-state index contributed by atoms with van der Waals surface area (Å²) in [5.74, 6) is -0.222. The number of piperazine rings is 1. The molecule has 0 radical (unpaired) electrons. The van der Waals surface area contributed by atoms with E-state index in [-0.39, 0.29) is 5.91 Å². The fraction of sp³-hybridized carbons (Fsp3) is 0.286. The molecule has 1 aliphatic heterocycles. The van der Waals surface area contributed by atoms with Gasteiger partial charge in [-0.3, -0.25) is 15.0 Å². The third-order valence-corrected chi connectivity index (χ3v) is 5.03. The maximum absolute atomic E-state index is 12.3. The fourth-order valence-corrected chi connectivity index (χ4v) is 3.45. The number of thiocarbonyl (C=S) groups is 1. The lowest BCUT2D eigenvalue weighted by molar-refractivity contribution is -0.115. The first-order valence-electron chi connectivity index (χ1n) is 9.02. The van der Waals surface area contributed by atoms with Crippen LogP contribution < -0.4 is 5.32 Å². The number of nitrogens with one attached hydrogen (secondary N) is 1. The minimum Gasteiger partial charge on any atom is -0.346 e. The van der Waals surface area contributed by atoms with Gasteiger partial charge in [0.1, 0.15) is 0 Å². The van der Waals surface area contributed by atoms with Crippen molar-refractivity contribution >= 4 is 40.1 Å². The predicted molar refractivity (Wildman–Crippen MR) is 112 cm³/mol. The fourth-order valence-electron chi connectivity index (χ4n) is 3.17. The number of carbonyl (C=O) groups excluding carboxylic acids is 1. The zero-order valence-corrected chi connectivity index (χ0v) is 15.9. The second kappa shape index (κ2) is 9.26. The topological polar surface area (TPSA) is 59.4 Å². The van der Waals surface area contributed by atoms with Crippen molar-refractivity contribution in [1.82, 2.24) is 15.1 Å². The van der Waals surface area contributed by atoms with Crippen LogP contribution in [0.2, 0.25) is 0 Å². The summed E-state index contributed by atoms with van der Waals surface area (Å²) < 4.78 is 0. The number of fused-ring (bicyclic) bond motifs is 1. The number of carbonyl (C=O) groups is 1. The van der Waals surface area contributed by atoms with Crippen LogP contribution in [0.4, 0.5) is 0 Å². The minimum absolute atomic E-state index is 0.222. The molecule has 27 heavy (non-hydrogen) atoms. The van der Waals surface area contributed by atoms with Gasteiger partial charge in [0.2, 0.25) is 5.91 Å². The van der Waals surface area contributed by atoms with E-state index in [0.717, 1.165) is 49.1 Å². The van der Waals surface area contributed by atoms with Crippen molar-refractivity contribution in [2.24, 2.45) is 0 Å². The number of nitrogens with zero attached hydrogens (tertiary/aromatic N) is 3. The number of amides is 1. The molecule has 0 aromatic heterocycles. The highest BCUT2D eigenvalue weighted by Crippen LogP contribution is 2.19. The van der Waals surface area contributed by atoms with Gasteiger partial charge in [-0.1, -0.05) is 42.5 Å². The second-order valence-electron chi connectivity index (χ2n) is 6.43. The summed E-state index contributed by atoms with van der Waals surface area (Å²) in [6, 6.07) is 16.3. The Morgan fingerprint density at radius 2 is 1.89 bits per heavy atom. The molecule has 1 N–H and O–H groups in total. The molecular weight excluding hydrogens is 356 g/mol. The first kappa shape index (κ1) is 19.0. The van der Waals surface area contributed by atoms with Gasteiger partial charge in [0.15, 0.2) is 5.11 Å². The molecule has 6 heteroatoms. The largest absolute Gasteiger partial charge is 0.346 e. The SMILES string of the molecule is N#CCCN1CCN(C(=S)NC(=O)/C=C/c2cccc3ccccc23)CC1. The van der Waals surface area contributed by atoms with Gasteiger partial charge in [0.05, 0.1) is 6.07 Å². The van der Waals surface area contributed by atoms with Crippen molar-refractivity contribution in [3.05, 3.63) is 54.1 Å². The standard InChI is InChI=1S/C21H22N4OS/c22-11-4-12-24-13-15-25(16-14-24)21(27)23-20(26)10-9-18-7-3-6-17-5-1-2-8-19(17)18/h1-3,5-10H,4,12-16H2,(H,23,26,27)/b10-9+. The highest BCUT2D eigenvalue weighted by atomic mass is 32.1. The summed E-state index contributed by atoms with van der Waals surface area (Å²) in [6.45, 7) is 4.01. The van der Waals surface area contributed by atoms with Crippen LogP contribution in [0.1, 0.15) is 12.0 Å². The monoisotopic (exact) mass is 378 g/mol. The van der Waals surface area contributed by atoms with Crippen molar-refractivity contribution < 1.29 is 4.79 Å². The minimum atomic E-state index is -0.222. The van der Waals surface area contributed by atoms with Gasteiger partial charge >= 0.3 is 0 Å². The Kier molecular flexibility index (Phi) is 6.53. The summed E-state index contributed by atoms with van der Waals surface area (Å²) in [4.78, 5) is 16.5. The Balaban J connectivity index is 1.54. The Labute approximate surface area is 164 Å². The average Bonchev–Trinajstić information content (AvgIpc) is 2.71. The van der Waals surface area contributed by atoms with Crippen LogP contribution >= 0.6 is 12.2 Å². The van der Waals surface area contributed by atoms with Crippen LogP contribution in [0.3, 0.4) is 0 Å². The summed E-state index contributed by atoms with van der Waals surface area (Å²) in [5.41, 5.74) is 1.00. The van der Waals surface area contributed by atoms with E-state index in [0.29, 0.717) is 11.5 Å². The van der Waals surface area contributed by atoms with E-state index < -0.39 is 0 Å². The smallest absolute Gasteiger partial charge is 0.250 e. The summed E-state index contributed by atoms with van der Waals surface area (Å²) in [5, 5.41) is 14.2. The van der Waals surface area contributed by atoms with Crippen LogP contribution in [0.25, 0.3) is 16.8 Å². The molecule has 5 nitrogen and oxygen atoms in total. The third kappa shape index (κ3) is 5.13. The van der Waals surface area contributed by atoms with Crippen LogP contribution in [0.5, 0.6) is 0 Å². The first-order chi connectivity index (χ1) is 13.2. The molecule has 138 valence electrons. The molecule has 0 bridgehead atoms. The summed E-state index contributed by atoms with van der Waals surface area (Å²) in [7, 11) is 0. The van der Waals surface area contributed by atoms with Crippen molar-refractivity contribution in [1.29, 1.82) is 5.26 Å². The number of hydrogen-bond acceptors (Lipinski definition) is 4. The zero-order chi connectivity index (χ0) is 19.1. The van der Waals surface area contributed by atoms with E-state index in [9.17, 15) is 4.79 Å². The van der Waals surface area contributed by atoms with Gasteiger partial charge in [0, 0.05) is 45.2 Å². The van der Waals surface area contributed by atoms with E-state index in [1.54, 1.807) is 0 Å². The second-order valence-corrected chi connectivity index (χ2v) is 6.82. The number of hydrogen-bond donors (Lipinski definition) is 1. The average molecular weight is 379 g/mol. The lowest BCUT2D eigenvalue weighted by Crippen LogP contribution is -2.52. The molecular formula is C21H22N4OS. The molecule has 0 spiro atoms. The zero-order valence-electron chi connectivity index (χ0n) is 15.1. The van der Waals surface area contributed by atoms with Gasteiger partial charge in [0.25, 0.3) is 0 Å². The Bertz CT molecular complexity index is 889. The van der Waals surface area contributed by atoms with Crippen molar-refractivity contribution in [2.75, 3.05) is 32.7 Å². The molecule has 1 aliphatic rings. The summed E-state index contributed by atoms with van der Waals surface area (Å²) >= 11 is 5.37. The van der Waals surface area contributed by atoms with Crippen molar-refractivity contribution in [3.63, 3.8) is 0 Å². The normalized spacial score (nSPS) is 15.0. The van der Waals surface area contributed by atoms with E-state index >= 15 is 0 Å². The number of nitriles is 1. The van der Waals surface area contributed by atoms with Crippen LogP contribution in [0.15, 0.2) is 48.5 Å². The van der Waals surface area contributed by atoms with E-state index in [1.165, 1.54) is 6.08 Å². The highest BCUT2D eigenvalue weighted by Gasteiger charge is 2.19. The van der Waals surface area contributed by atoms with Gasteiger partial charge < -0.3 is 4.90 Å². The van der Waals surface area contributed by atoms with Gasteiger partial charge in [-0.05, 0) is 34.6 Å². The van der Waals surface area contributed by atoms with Gasteiger partial charge in [-0.25, -0.2) is 0 Å². The Morgan fingerprint density at radius 3 is 2.67 bits per heavy atom. The van der Waals surface area contributed by atoms with Crippen LogP contribution in [-0.2, 0) is 4.79 Å². The van der Waals surface area contributed by atoms with E-state index in [2.05, 4.69) is 28.4 Å². The summed E-state index contributed by atoms with van der Waals surface area (Å²) in [6.07, 6.45) is 3.89. The maximum Gasteiger partial charge on any atom is 0.250 e. The molecule has 2 aromatic rings. The lowest BCUT2D eigenvalue weighted by atomic mass is 10.0. The molecule has 0 saturated carbocycles. The Morgan fingerprint density at radius 1 is 1.15 bits per heavy atom. The van der Waals surface area contributed by atoms with Crippen LogP contribution in [0, 0.1) is 11.3 Å². The third-order valence-electron chi connectivity index (χ3n) is 4.67. The highest BCUT2D eigenvalue weighted by molar-refractivity contribution is 7.80. The lowest BCUT2D eigenvalue weighted by Gasteiger charge is -2.35. The predicted octanol–water partition coefficient (Wildman–Crippen LogP) is 2.79. The maximum atomic E-state index is 12.3.